The second kappa shape index (κ2) is 3.54. The lowest BCUT2D eigenvalue weighted by Crippen LogP contribution is -1.92. The minimum Gasteiger partial charge on any atom is -0.193 e. The topological polar surface area (TPSA) is 23.8 Å². The minimum atomic E-state index is 0.457. The second-order valence-corrected chi connectivity index (χ2v) is 5.20. The van der Waals surface area contributed by atoms with Crippen LogP contribution >= 0.6 is 0 Å². The van der Waals surface area contributed by atoms with E-state index in [1.807, 2.05) is 0 Å². The van der Waals surface area contributed by atoms with Crippen LogP contribution in [0.1, 0.15) is 40.5 Å². The Morgan fingerprint density at radius 1 is 1.62 bits per heavy atom. The highest BCUT2D eigenvalue weighted by molar-refractivity contribution is 5.25. The molecule has 72 valence electrons. The number of rotatable bonds is 3. The van der Waals surface area contributed by atoms with E-state index in [0.29, 0.717) is 17.3 Å². The van der Waals surface area contributed by atoms with Crippen LogP contribution in [0, 0.1) is 28.6 Å². The summed E-state index contributed by atoms with van der Waals surface area (Å²) >= 11 is 0. The smallest absolute Gasteiger partial charge is 0.0943 e. The van der Waals surface area contributed by atoms with Crippen molar-refractivity contribution in [2.24, 2.45) is 17.3 Å². The second-order valence-electron chi connectivity index (χ2n) is 5.20. The van der Waals surface area contributed by atoms with Gasteiger partial charge in [0.1, 0.15) is 0 Å². The predicted octanol–water partition coefficient (Wildman–Crippen LogP) is 3.53. The third-order valence-corrected chi connectivity index (χ3v) is 2.76. The quantitative estimate of drug-likeness (QED) is 0.605. The highest BCUT2D eigenvalue weighted by atomic mass is 14.5. The molecule has 1 atom stereocenters. The zero-order valence-electron chi connectivity index (χ0n) is 9.09. The maximum Gasteiger partial charge on any atom is 0.0943 e. The van der Waals surface area contributed by atoms with Gasteiger partial charge in [0.25, 0.3) is 0 Å². The normalized spacial score (nSPS) is 25.8. The Morgan fingerprint density at radius 3 is 2.46 bits per heavy atom. The molecule has 0 saturated heterocycles. The molecule has 0 bridgehead atoms. The first-order valence-electron chi connectivity index (χ1n) is 5.06. The fourth-order valence-corrected chi connectivity index (χ4v) is 1.63. The molecule has 1 rings (SSSR count). The Bertz CT molecular complexity index is 253. The van der Waals surface area contributed by atoms with E-state index in [9.17, 15) is 0 Å². The first-order chi connectivity index (χ1) is 5.95. The van der Waals surface area contributed by atoms with Gasteiger partial charge in [0.05, 0.1) is 6.07 Å². The van der Waals surface area contributed by atoms with Crippen LogP contribution in [0.4, 0.5) is 0 Å². The summed E-state index contributed by atoms with van der Waals surface area (Å²) in [5.74, 6) is 1.24. The van der Waals surface area contributed by atoms with Crippen LogP contribution < -0.4 is 0 Å². The number of nitriles is 1. The molecule has 1 saturated carbocycles. The van der Waals surface area contributed by atoms with Crippen molar-refractivity contribution in [2.45, 2.75) is 40.5 Å². The summed E-state index contributed by atoms with van der Waals surface area (Å²) in [6, 6.07) is 2.30. The average Bonchev–Trinajstić information content (AvgIpc) is 2.56. The molecule has 1 aliphatic rings. The van der Waals surface area contributed by atoms with Gasteiger partial charge in [-0.2, -0.15) is 5.26 Å². The van der Waals surface area contributed by atoms with Crippen molar-refractivity contribution in [3.63, 3.8) is 0 Å². The van der Waals surface area contributed by atoms with Crippen LogP contribution in [0.15, 0.2) is 11.6 Å². The van der Waals surface area contributed by atoms with E-state index >= 15 is 0 Å². The fraction of sp³-hybridized carbons (Fsp3) is 0.750. The van der Waals surface area contributed by atoms with Crippen molar-refractivity contribution < 1.29 is 0 Å². The molecule has 0 N–H and O–H groups in total. The summed E-state index contributed by atoms with van der Waals surface area (Å²) < 4.78 is 0. The lowest BCUT2D eigenvalue weighted by molar-refractivity contribution is 0.603. The Kier molecular flexibility index (Phi) is 2.81. The third kappa shape index (κ3) is 2.88. The molecule has 1 unspecified atom stereocenters. The van der Waals surface area contributed by atoms with E-state index in [1.165, 1.54) is 6.42 Å². The van der Waals surface area contributed by atoms with Gasteiger partial charge in [-0.15, -0.1) is 0 Å². The number of nitrogens with zero attached hydrogens (tertiary/aromatic N) is 1. The fourth-order valence-electron chi connectivity index (χ4n) is 1.63. The van der Waals surface area contributed by atoms with E-state index in [4.69, 9.17) is 5.26 Å². The van der Waals surface area contributed by atoms with E-state index in [2.05, 4.69) is 39.8 Å². The molecule has 0 heterocycles. The van der Waals surface area contributed by atoms with E-state index in [1.54, 1.807) is 0 Å². The van der Waals surface area contributed by atoms with E-state index in [0.717, 1.165) is 12.0 Å². The van der Waals surface area contributed by atoms with Crippen LogP contribution in [0.3, 0.4) is 0 Å². The van der Waals surface area contributed by atoms with Crippen molar-refractivity contribution in [1.29, 1.82) is 5.26 Å². The molecule has 0 aromatic carbocycles. The Hall–Kier alpha value is -0.770. The van der Waals surface area contributed by atoms with Gasteiger partial charge < -0.3 is 0 Å². The molecule has 1 aliphatic carbocycles. The minimum absolute atomic E-state index is 0.457. The Balaban J connectivity index is 2.54. The first-order valence-corrected chi connectivity index (χ1v) is 5.06. The largest absolute Gasteiger partial charge is 0.193 e. The van der Waals surface area contributed by atoms with E-state index in [-0.39, 0.29) is 0 Å². The molecular formula is C12H19N. The van der Waals surface area contributed by atoms with Gasteiger partial charge in [-0.1, -0.05) is 33.8 Å². The van der Waals surface area contributed by atoms with Crippen molar-refractivity contribution in [3.05, 3.63) is 11.6 Å². The molecule has 0 radical (unpaired) electrons. The lowest BCUT2D eigenvalue weighted by Gasteiger charge is -2.03. The van der Waals surface area contributed by atoms with Crippen LogP contribution in [-0.4, -0.2) is 0 Å². The lowest BCUT2D eigenvalue weighted by atomic mass is 10.0. The molecule has 0 aliphatic heterocycles. The monoisotopic (exact) mass is 177 g/mol. The zero-order valence-corrected chi connectivity index (χ0v) is 9.09. The molecule has 13 heavy (non-hydrogen) atoms. The van der Waals surface area contributed by atoms with Crippen LogP contribution in [0.25, 0.3) is 0 Å². The van der Waals surface area contributed by atoms with Gasteiger partial charge in [-0.3, -0.25) is 0 Å². The molecule has 1 heteroatoms. The summed E-state index contributed by atoms with van der Waals surface area (Å²) in [5.41, 5.74) is 1.43. The van der Waals surface area contributed by atoms with Crippen molar-refractivity contribution >= 4 is 0 Å². The van der Waals surface area contributed by atoms with Gasteiger partial charge >= 0.3 is 0 Å². The van der Waals surface area contributed by atoms with Gasteiger partial charge in [-0.25, -0.2) is 0 Å². The molecule has 1 nitrogen and oxygen atoms in total. The molecule has 1 fully saturated rings. The van der Waals surface area contributed by atoms with Gasteiger partial charge in [-0.05, 0) is 30.1 Å². The molecule has 0 aromatic rings. The van der Waals surface area contributed by atoms with Gasteiger partial charge in [0.15, 0.2) is 0 Å². The summed E-state index contributed by atoms with van der Waals surface area (Å²) in [6.45, 7) is 8.84. The van der Waals surface area contributed by atoms with Gasteiger partial charge in [0, 0.05) is 5.57 Å². The molecular weight excluding hydrogens is 158 g/mol. The first kappa shape index (κ1) is 10.3. The summed E-state index contributed by atoms with van der Waals surface area (Å²) in [7, 11) is 0. The van der Waals surface area contributed by atoms with Crippen molar-refractivity contribution in [2.75, 3.05) is 0 Å². The Morgan fingerprint density at radius 2 is 2.15 bits per heavy atom. The van der Waals surface area contributed by atoms with E-state index < -0.39 is 0 Å². The standard InChI is InChI=1S/C12H19N/c1-9(2)5-10(8-13)6-11-7-12(11,3)4/h6,9,11H,5,7H2,1-4H3/b10-6+. The van der Waals surface area contributed by atoms with Crippen LogP contribution in [0.5, 0.6) is 0 Å². The van der Waals surface area contributed by atoms with Crippen molar-refractivity contribution in [3.8, 4) is 6.07 Å². The Labute approximate surface area is 81.5 Å². The van der Waals surface area contributed by atoms with Crippen LogP contribution in [-0.2, 0) is 0 Å². The number of hydrogen-bond donors (Lipinski definition) is 0. The highest BCUT2D eigenvalue weighted by Gasteiger charge is 2.43. The van der Waals surface area contributed by atoms with Crippen molar-refractivity contribution in [1.82, 2.24) is 0 Å². The third-order valence-electron chi connectivity index (χ3n) is 2.76. The molecule has 0 aromatic heterocycles. The van der Waals surface area contributed by atoms with Gasteiger partial charge in [0.2, 0.25) is 0 Å². The summed E-state index contributed by atoms with van der Waals surface area (Å²) in [6.07, 6.45) is 4.36. The number of allylic oxidation sites excluding steroid dienone is 2. The molecule has 0 amide bonds. The SMILES string of the molecule is CC(C)C/C(C#N)=C\C1CC1(C)C. The predicted molar refractivity (Wildman–Crippen MR) is 55.0 cm³/mol. The summed E-state index contributed by atoms with van der Waals surface area (Å²) in [5, 5.41) is 8.90. The van der Waals surface area contributed by atoms with Crippen LogP contribution in [0.2, 0.25) is 0 Å². The maximum atomic E-state index is 8.90. The highest BCUT2D eigenvalue weighted by Crippen LogP contribution is 2.52. The maximum absolute atomic E-state index is 8.90. The zero-order chi connectivity index (χ0) is 10.1. The number of hydrogen-bond acceptors (Lipinski definition) is 1. The molecule has 0 spiro atoms. The average molecular weight is 177 g/mol. The summed E-state index contributed by atoms with van der Waals surface area (Å²) in [4.78, 5) is 0.